The highest BCUT2D eigenvalue weighted by Gasteiger charge is 2.22. The van der Waals surface area contributed by atoms with Gasteiger partial charge in [-0.05, 0) is 30.9 Å². The molecule has 1 aromatic carbocycles. The van der Waals surface area contributed by atoms with Crippen LogP contribution in [0, 0.1) is 16.0 Å². The molecule has 1 aliphatic heterocycles. The Morgan fingerprint density at radius 2 is 2.20 bits per heavy atom. The van der Waals surface area contributed by atoms with Crippen LogP contribution in [-0.2, 0) is 9.53 Å². The number of nitrogens with zero attached hydrogens (tertiary/aromatic N) is 2. The summed E-state index contributed by atoms with van der Waals surface area (Å²) in [6, 6.07) is 5.98. The van der Waals surface area contributed by atoms with E-state index in [4.69, 9.17) is 4.74 Å². The number of thiophene rings is 1. The normalized spacial score (nSPS) is 17.5. The lowest BCUT2D eigenvalue weighted by Gasteiger charge is -2.30. The van der Waals surface area contributed by atoms with Crippen LogP contribution < -0.4 is 0 Å². The van der Waals surface area contributed by atoms with Gasteiger partial charge in [0.25, 0.3) is 11.6 Å². The van der Waals surface area contributed by atoms with Crippen molar-refractivity contribution in [2.45, 2.75) is 19.8 Å². The molecule has 0 aliphatic carbocycles. The number of fused-ring (bicyclic) bond motifs is 1. The van der Waals surface area contributed by atoms with E-state index in [0.717, 1.165) is 17.5 Å². The van der Waals surface area contributed by atoms with Gasteiger partial charge in [-0.25, -0.2) is 4.79 Å². The zero-order chi connectivity index (χ0) is 18.0. The Balaban J connectivity index is 1.64. The van der Waals surface area contributed by atoms with Crippen LogP contribution in [-0.4, -0.2) is 41.4 Å². The van der Waals surface area contributed by atoms with Crippen LogP contribution in [0.3, 0.4) is 0 Å². The molecule has 7 nitrogen and oxygen atoms in total. The molecule has 2 heterocycles. The fraction of sp³-hybridized carbons (Fsp3) is 0.412. The number of nitro benzene ring substituents is 1. The highest BCUT2D eigenvalue weighted by Crippen LogP contribution is 2.29. The number of likely N-dealkylation sites (tertiary alicyclic amines) is 1. The Morgan fingerprint density at radius 3 is 2.92 bits per heavy atom. The van der Waals surface area contributed by atoms with Crippen molar-refractivity contribution in [3.8, 4) is 0 Å². The number of hydrogen-bond acceptors (Lipinski definition) is 6. The fourth-order valence-electron chi connectivity index (χ4n) is 2.95. The van der Waals surface area contributed by atoms with Crippen molar-refractivity contribution in [2.24, 2.45) is 5.92 Å². The predicted molar refractivity (Wildman–Crippen MR) is 93.7 cm³/mol. The predicted octanol–water partition coefficient (Wildman–Crippen LogP) is 3.22. The molecule has 2 aromatic rings. The number of rotatable bonds is 4. The summed E-state index contributed by atoms with van der Waals surface area (Å²) in [5.41, 5.74) is -0.0281. The van der Waals surface area contributed by atoms with Gasteiger partial charge in [-0.3, -0.25) is 14.9 Å². The molecule has 8 heteroatoms. The van der Waals surface area contributed by atoms with Gasteiger partial charge in [0.05, 0.1) is 4.92 Å². The third kappa shape index (κ3) is 3.96. The second kappa shape index (κ2) is 7.18. The van der Waals surface area contributed by atoms with Gasteiger partial charge in [0.2, 0.25) is 0 Å². The molecule has 1 saturated heterocycles. The van der Waals surface area contributed by atoms with Crippen molar-refractivity contribution < 1.29 is 19.2 Å². The Bertz CT molecular complexity index is 832. The lowest BCUT2D eigenvalue weighted by molar-refractivity contribution is -0.384. The molecule has 0 radical (unpaired) electrons. The number of carbonyl (C=O) groups is 2. The number of benzene rings is 1. The molecule has 0 spiro atoms. The van der Waals surface area contributed by atoms with E-state index in [1.165, 1.54) is 23.5 Å². The Hall–Kier alpha value is -2.48. The van der Waals surface area contributed by atoms with Gasteiger partial charge in [-0.2, -0.15) is 0 Å². The van der Waals surface area contributed by atoms with Crippen LogP contribution in [0.25, 0.3) is 10.1 Å². The van der Waals surface area contributed by atoms with Gasteiger partial charge in [0.15, 0.2) is 6.61 Å². The molecule has 25 heavy (non-hydrogen) atoms. The monoisotopic (exact) mass is 362 g/mol. The minimum absolute atomic E-state index is 0.0281. The van der Waals surface area contributed by atoms with Crippen molar-refractivity contribution in [3.05, 3.63) is 39.3 Å². The molecule has 1 amide bonds. The SMILES string of the molecule is CC1CCCN(C(=O)COC(=O)c2cc3cc([N+](=O)[O-])ccc3s2)C1. The molecule has 3 rings (SSSR count). The topological polar surface area (TPSA) is 89.8 Å². The van der Waals surface area contributed by atoms with Gasteiger partial charge >= 0.3 is 5.97 Å². The minimum atomic E-state index is -0.581. The number of amides is 1. The summed E-state index contributed by atoms with van der Waals surface area (Å²) in [7, 11) is 0. The Morgan fingerprint density at radius 1 is 1.40 bits per heavy atom. The third-order valence-electron chi connectivity index (χ3n) is 4.25. The van der Waals surface area contributed by atoms with Crippen LogP contribution >= 0.6 is 11.3 Å². The zero-order valence-corrected chi connectivity index (χ0v) is 14.6. The molecule has 1 aliphatic rings. The maximum atomic E-state index is 12.2. The molecule has 0 bridgehead atoms. The zero-order valence-electron chi connectivity index (χ0n) is 13.8. The Kier molecular flexibility index (Phi) is 4.98. The fourth-order valence-corrected chi connectivity index (χ4v) is 3.89. The average Bonchev–Trinajstić information content (AvgIpc) is 3.02. The van der Waals surface area contributed by atoms with E-state index in [1.54, 1.807) is 17.0 Å². The van der Waals surface area contributed by atoms with Gasteiger partial charge in [0.1, 0.15) is 4.88 Å². The summed E-state index contributed by atoms with van der Waals surface area (Å²) in [6.45, 7) is 3.22. The maximum Gasteiger partial charge on any atom is 0.348 e. The van der Waals surface area contributed by atoms with E-state index in [2.05, 4.69) is 6.92 Å². The summed E-state index contributed by atoms with van der Waals surface area (Å²) >= 11 is 1.19. The number of non-ortho nitro benzene ring substituents is 1. The van der Waals surface area contributed by atoms with Gasteiger partial charge in [-0.15, -0.1) is 11.3 Å². The maximum absolute atomic E-state index is 12.2. The number of ether oxygens (including phenoxy) is 1. The van der Waals surface area contributed by atoms with Crippen LogP contribution in [0.2, 0.25) is 0 Å². The molecule has 1 unspecified atom stereocenters. The molecular weight excluding hydrogens is 344 g/mol. The van der Waals surface area contributed by atoms with E-state index < -0.39 is 10.9 Å². The summed E-state index contributed by atoms with van der Waals surface area (Å²) in [6.07, 6.45) is 2.08. The molecule has 132 valence electrons. The summed E-state index contributed by atoms with van der Waals surface area (Å²) in [5, 5.41) is 11.4. The number of hydrogen-bond donors (Lipinski definition) is 0. The van der Waals surface area contributed by atoms with Crippen molar-refractivity contribution in [1.82, 2.24) is 4.90 Å². The number of piperidine rings is 1. The first-order chi connectivity index (χ1) is 11.9. The lowest BCUT2D eigenvalue weighted by atomic mass is 10.0. The largest absolute Gasteiger partial charge is 0.451 e. The van der Waals surface area contributed by atoms with Crippen LogP contribution in [0.4, 0.5) is 5.69 Å². The van der Waals surface area contributed by atoms with E-state index >= 15 is 0 Å². The van der Waals surface area contributed by atoms with E-state index in [0.29, 0.717) is 29.3 Å². The number of esters is 1. The molecule has 1 fully saturated rings. The molecule has 0 saturated carbocycles. The van der Waals surface area contributed by atoms with Crippen LogP contribution in [0.1, 0.15) is 29.4 Å². The van der Waals surface area contributed by atoms with Crippen molar-refractivity contribution >= 4 is 39.0 Å². The second-order valence-electron chi connectivity index (χ2n) is 6.25. The number of carbonyl (C=O) groups excluding carboxylic acids is 2. The first-order valence-electron chi connectivity index (χ1n) is 8.07. The van der Waals surface area contributed by atoms with Crippen LogP contribution in [0.5, 0.6) is 0 Å². The van der Waals surface area contributed by atoms with Crippen molar-refractivity contribution in [2.75, 3.05) is 19.7 Å². The van der Waals surface area contributed by atoms with Gasteiger partial charge < -0.3 is 9.64 Å². The number of nitro groups is 1. The summed E-state index contributed by atoms with van der Waals surface area (Å²) < 4.78 is 5.89. The second-order valence-corrected chi connectivity index (χ2v) is 7.34. The standard InChI is InChI=1S/C17H18N2O5S/c1-11-3-2-6-18(9-11)16(20)10-24-17(21)15-8-12-7-13(19(22)23)4-5-14(12)25-15/h4-5,7-8,11H,2-3,6,9-10H2,1H3. The smallest absolute Gasteiger partial charge is 0.348 e. The van der Waals surface area contributed by atoms with Gasteiger partial charge in [0, 0.05) is 35.3 Å². The van der Waals surface area contributed by atoms with Crippen molar-refractivity contribution in [3.63, 3.8) is 0 Å². The van der Waals surface area contributed by atoms with Crippen molar-refractivity contribution in [1.29, 1.82) is 0 Å². The quantitative estimate of drug-likeness (QED) is 0.473. The highest BCUT2D eigenvalue weighted by molar-refractivity contribution is 7.20. The third-order valence-corrected chi connectivity index (χ3v) is 5.34. The molecular formula is C17H18N2O5S. The van der Waals surface area contributed by atoms with Gasteiger partial charge in [-0.1, -0.05) is 6.92 Å². The first-order valence-corrected chi connectivity index (χ1v) is 8.88. The van der Waals surface area contributed by atoms with E-state index in [-0.39, 0.29) is 18.2 Å². The molecule has 1 aromatic heterocycles. The highest BCUT2D eigenvalue weighted by atomic mass is 32.1. The lowest BCUT2D eigenvalue weighted by Crippen LogP contribution is -2.41. The van der Waals surface area contributed by atoms with E-state index in [9.17, 15) is 19.7 Å². The molecule has 1 atom stereocenters. The summed E-state index contributed by atoms with van der Waals surface area (Å²) in [5.74, 6) is -0.300. The Labute approximate surface area is 148 Å². The van der Waals surface area contributed by atoms with E-state index in [1.807, 2.05) is 0 Å². The first kappa shape index (κ1) is 17.3. The molecule has 0 N–H and O–H groups in total. The van der Waals surface area contributed by atoms with Crippen LogP contribution in [0.15, 0.2) is 24.3 Å². The average molecular weight is 362 g/mol. The summed E-state index contributed by atoms with van der Waals surface area (Å²) in [4.78, 5) is 36.7. The minimum Gasteiger partial charge on any atom is -0.451 e.